The van der Waals surface area contributed by atoms with Crippen molar-refractivity contribution in [3.05, 3.63) is 77.0 Å². The number of benzene rings is 2. The molecule has 10 heteroatoms. The number of halogens is 4. The average Bonchev–Trinajstić information content (AvgIpc) is 3.36. The lowest BCUT2D eigenvalue weighted by Gasteiger charge is -2.36. The molecule has 0 radical (unpaired) electrons. The molecule has 1 aliphatic heterocycles. The van der Waals surface area contributed by atoms with Crippen molar-refractivity contribution >= 4 is 40.9 Å². The van der Waals surface area contributed by atoms with Crippen molar-refractivity contribution in [3.8, 4) is 11.3 Å². The highest BCUT2D eigenvalue weighted by Gasteiger charge is 2.30. The van der Waals surface area contributed by atoms with E-state index in [-0.39, 0.29) is 17.2 Å². The number of piperazine rings is 1. The van der Waals surface area contributed by atoms with Crippen molar-refractivity contribution < 1.29 is 27.2 Å². The molecule has 0 spiro atoms. The number of nitrogens with one attached hydrogen (secondary N) is 1. The molecule has 1 saturated heterocycles. The predicted molar refractivity (Wildman–Crippen MR) is 147 cm³/mol. The SMILES string of the molecule is CC(C)CC(=O)N1CCN(c2ccc(NC(=O)/C=C/c3ccc(-c4cccc(C(F)(F)F)c4)o3)cc2Cl)CC1. The van der Waals surface area contributed by atoms with Gasteiger partial charge in [0.05, 0.1) is 16.3 Å². The molecule has 0 aliphatic carbocycles. The maximum Gasteiger partial charge on any atom is 0.416 e. The molecular formula is C29H29ClF3N3O3. The second-order valence-corrected chi connectivity index (χ2v) is 10.1. The highest BCUT2D eigenvalue weighted by atomic mass is 35.5. The number of hydrogen-bond acceptors (Lipinski definition) is 4. The molecule has 1 N–H and O–H groups in total. The quantitative estimate of drug-likeness (QED) is 0.318. The minimum absolute atomic E-state index is 0.170. The van der Waals surface area contributed by atoms with E-state index in [0.29, 0.717) is 55.0 Å². The lowest BCUT2D eigenvalue weighted by Crippen LogP contribution is -2.49. The number of carbonyl (C=O) groups excluding carboxylic acids is 2. The zero-order valence-electron chi connectivity index (χ0n) is 21.6. The third kappa shape index (κ3) is 7.44. The fourth-order valence-corrected chi connectivity index (χ4v) is 4.60. The monoisotopic (exact) mass is 559 g/mol. The van der Waals surface area contributed by atoms with Crippen LogP contribution in [-0.4, -0.2) is 42.9 Å². The van der Waals surface area contributed by atoms with Crippen molar-refractivity contribution in [1.82, 2.24) is 4.90 Å². The van der Waals surface area contributed by atoms with Crippen molar-refractivity contribution in [1.29, 1.82) is 0 Å². The van der Waals surface area contributed by atoms with Crippen LogP contribution in [0.1, 0.15) is 31.6 Å². The summed E-state index contributed by atoms with van der Waals surface area (Å²) < 4.78 is 44.5. The van der Waals surface area contributed by atoms with Gasteiger partial charge in [-0.1, -0.05) is 37.6 Å². The fourth-order valence-electron chi connectivity index (χ4n) is 4.30. The van der Waals surface area contributed by atoms with E-state index < -0.39 is 17.6 Å². The van der Waals surface area contributed by atoms with Crippen LogP contribution < -0.4 is 10.2 Å². The first-order valence-corrected chi connectivity index (χ1v) is 13.0. The van der Waals surface area contributed by atoms with Gasteiger partial charge in [0.15, 0.2) is 0 Å². The largest absolute Gasteiger partial charge is 0.457 e. The lowest BCUT2D eigenvalue weighted by atomic mass is 10.1. The van der Waals surface area contributed by atoms with Crippen LogP contribution in [0.5, 0.6) is 0 Å². The second kappa shape index (κ2) is 12.0. The number of amides is 2. The first-order valence-electron chi connectivity index (χ1n) is 12.6. The van der Waals surface area contributed by atoms with Crippen LogP contribution in [0.2, 0.25) is 5.02 Å². The van der Waals surface area contributed by atoms with Crippen molar-refractivity contribution in [2.75, 3.05) is 36.4 Å². The summed E-state index contributed by atoms with van der Waals surface area (Å²) in [5, 5.41) is 3.22. The molecule has 0 unspecified atom stereocenters. The molecule has 2 amide bonds. The molecule has 2 aromatic carbocycles. The molecule has 0 bridgehead atoms. The molecule has 0 atom stereocenters. The number of anilines is 2. The van der Waals surface area contributed by atoms with E-state index in [4.69, 9.17) is 16.0 Å². The lowest BCUT2D eigenvalue weighted by molar-refractivity contribution is -0.137. The number of carbonyl (C=O) groups is 2. The summed E-state index contributed by atoms with van der Waals surface area (Å²) in [5.41, 5.74) is 0.857. The molecular weight excluding hydrogens is 531 g/mol. The van der Waals surface area contributed by atoms with Gasteiger partial charge in [0, 0.05) is 49.9 Å². The van der Waals surface area contributed by atoms with E-state index in [1.54, 1.807) is 24.3 Å². The normalized spacial score (nSPS) is 14.3. The van der Waals surface area contributed by atoms with Crippen LogP contribution in [0.25, 0.3) is 17.4 Å². The van der Waals surface area contributed by atoms with Gasteiger partial charge in [-0.25, -0.2) is 0 Å². The zero-order valence-corrected chi connectivity index (χ0v) is 22.4. The molecule has 4 rings (SSSR count). The summed E-state index contributed by atoms with van der Waals surface area (Å²) in [5.74, 6) is 0.644. The number of furan rings is 1. The van der Waals surface area contributed by atoms with Gasteiger partial charge in [0.2, 0.25) is 11.8 Å². The summed E-state index contributed by atoms with van der Waals surface area (Å²) in [7, 11) is 0. The van der Waals surface area contributed by atoms with E-state index in [9.17, 15) is 22.8 Å². The summed E-state index contributed by atoms with van der Waals surface area (Å²) in [6.45, 7) is 6.66. The Labute approximate surface area is 230 Å². The first-order chi connectivity index (χ1) is 18.5. The summed E-state index contributed by atoms with van der Waals surface area (Å²) >= 11 is 6.51. The van der Waals surface area contributed by atoms with Crippen LogP contribution in [-0.2, 0) is 15.8 Å². The van der Waals surface area contributed by atoms with Gasteiger partial charge in [-0.2, -0.15) is 13.2 Å². The maximum atomic E-state index is 13.0. The Morgan fingerprint density at radius 1 is 1.05 bits per heavy atom. The van der Waals surface area contributed by atoms with Gasteiger partial charge in [0.25, 0.3) is 0 Å². The van der Waals surface area contributed by atoms with Crippen LogP contribution in [0.3, 0.4) is 0 Å². The molecule has 2 heterocycles. The molecule has 1 aromatic heterocycles. The zero-order chi connectivity index (χ0) is 28.2. The van der Waals surface area contributed by atoms with Crippen LogP contribution in [0, 0.1) is 5.92 Å². The molecule has 206 valence electrons. The highest BCUT2D eigenvalue weighted by Crippen LogP contribution is 2.33. The minimum atomic E-state index is -4.45. The number of rotatable bonds is 7. The number of hydrogen-bond donors (Lipinski definition) is 1. The van der Waals surface area contributed by atoms with Gasteiger partial charge in [-0.05, 0) is 54.5 Å². The third-order valence-electron chi connectivity index (χ3n) is 6.27. The molecule has 0 saturated carbocycles. The average molecular weight is 560 g/mol. The van der Waals surface area contributed by atoms with Crippen LogP contribution in [0.15, 0.2) is 65.1 Å². The highest BCUT2D eigenvalue weighted by molar-refractivity contribution is 6.33. The van der Waals surface area contributed by atoms with Crippen LogP contribution in [0.4, 0.5) is 24.5 Å². The molecule has 1 fully saturated rings. The van der Waals surface area contributed by atoms with Gasteiger partial charge in [-0.3, -0.25) is 9.59 Å². The summed E-state index contributed by atoms with van der Waals surface area (Å²) in [4.78, 5) is 28.7. The second-order valence-electron chi connectivity index (χ2n) is 9.74. The van der Waals surface area contributed by atoms with E-state index >= 15 is 0 Å². The minimum Gasteiger partial charge on any atom is -0.457 e. The molecule has 3 aromatic rings. The van der Waals surface area contributed by atoms with E-state index in [1.165, 1.54) is 24.3 Å². The number of nitrogens with zero attached hydrogens (tertiary/aromatic N) is 2. The summed E-state index contributed by atoms with van der Waals surface area (Å²) in [6, 6.07) is 13.2. The Kier molecular flexibility index (Phi) is 8.70. The third-order valence-corrected chi connectivity index (χ3v) is 6.57. The summed E-state index contributed by atoms with van der Waals surface area (Å²) in [6.07, 6.45) is -1.21. The maximum absolute atomic E-state index is 13.0. The predicted octanol–water partition coefficient (Wildman–Crippen LogP) is 6.97. The molecule has 1 aliphatic rings. The smallest absolute Gasteiger partial charge is 0.416 e. The van der Waals surface area contributed by atoms with Gasteiger partial charge < -0.3 is 19.5 Å². The Morgan fingerprint density at radius 3 is 2.46 bits per heavy atom. The Balaban J connectivity index is 1.33. The number of alkyl halides is 3. The standard InChI is InChI=1S/C29H29ClF3N3O3/c1-19(2)16-28(38)36-14-12-35(13-15-36)25-9-6-22(18-24(25)30)34-27(37)11-8-23-7-10-26(39-23)20-4-3-5-21(17-20)29(31,32)33/h3-11,17-19H,12-16H2,1-2H3,(H,34,37)/b11-8+. The first kappa shape index (κ1) is 28.3. The fraction of sp³-hybridized carbons (Fsp3) is 0.310. The van der Waals surface area contributed by atoms with Gasteiger partial charge in [0.1, 0.15) is 11.5 Å². The van der Waals surface area contributed by atoms with Gasteiger partial charge in [-0.15, -0.1) is 0 Å². The van der Waals surface area contributed by atoms with E-state index in [1.807, 2.05) is 24.8 Å². The Bertz CT molecular complexity index is 1360. The van der Waals surface area contributed by atoms with Crippen molar-refractivity contribution in [2.24, 2.45) is 5.92 Å². The Morgan fingerprint density at radius 2 is 1.79 bits per heavy atom. The van der Waals surface area contributed by atoms with Crippen molar-refractivity contribution in [3.63, 3.8) is 0 Å². The molecule has 6 nitrogen and oxygen atoms in total. The van der Waals surface area contributed by atoms with E-state index in [0.717, 1.165) is 17.8 Å². The van der Waals surface area contributed by atoms with Gasteiger partial charge >= 0.3 is 6.18 Å². The molecule has 39 heavy (non-hydrogen) atoms. The van der Waals surface area contributed by atoms with Crippen LogP contribution >= 0.6 is 11.6 Å². The van der Waals surface area contributed by atoms with Crippen molar-refractivity contribution in [2.45, 2.75) is 26.4 Å². The Hall–Kier alpha value is -3.72. The van der Waals surface area contributed by atoms with E-state index in [2.05, 4.69) is 10.2 Å². The topological polar surface area (TPSA) is 65.8 Å².